The Morgan fingerprint density at radius 1 is 1.78 bits per heavy atom. The Morgan fingerprint density at radius 2 is 2.56 bits per heavy atom. The van der Waals surface area contributed by atoms with Crippen molar-refractivity contribution >= 4 is 11.8 Å². The highest BCUT2D eigenvalue weighted by Crippen LogP contribution is 2.14. The van der Waals surface area contributed by atoms with Crippen LogP contribution in [-0.2, 0) is 0 Å². The van der Waals surface area contributed by atoms with Crippen molar-refractivity contribution in [2.75, 3.05) is 25.4 Å². The lowest BCUT2D eigenvalue weighted by Crippen LogP contribution is -2.37. The zero-order valence-corrected chi connectivity index (χ0v) is 6.52. The second kappa shape index (κ2) is 3.44. The first kappa shape index (κ1) is 7.38. The molecular formula is C6H13NOS. The van der Waals surface area contributed by atoms with Crippen molar-refractivity contribution in [2.45, 2.75) is 12.4 Å². The molecule has 0 aromatic heterocycles. The third-order valence-corrected chi connectivity index (χ3v) is 2.53. The molecule has 0 spiro atoms. The largest absolute Gasteiger partial charge is 0.381 e. The number of hydrogen-bond acceptors (Lipinski definition) is 3. The molecule has 0 bridgehead atoms. The van der Waals surface area contributed by atoms with Crippen LogP contribution in [-0.4, -0.2) is 40.8 Å². The number of β-amino-alcohol motifs (C(OH)–C–C–N with tert-alkyl or cyclic N) is 1. The third kappa shape index (κ3) is 2.16. The van der Waals surface area contributed by atoms with Crippen LogP contribution >= 0.6 is 11.8 Å². The summed E-state index contributed by atoms with van der Waals surface area (Å²) >= 11 is 1.65. The van der Waals surface area contributed by atoms with E-state index in [1.54, 1.807) is 11.8 Å². The quantitative estimate of drug-likeness (QED) is 0.580. The van der Waals surface area contributed by atoms with E-state index in [4.69, 9.17) is 5.11 Å². The normalized spacial score (nSPS) is 30.7. The van der Waals surface area contributed by atoms with Gasteiger partial charge < -0.3 is 5.11 Å². The summed E-state index contributed by atoms with van der Waals surface area (Å²) in [5, 5.41) is 9.13. The van der Waals surface area contributed by atoms with E-state index in [9.17, 15) is 0 Å². The molecule has 1 unspecified atom stereocenters. The van der Waals surface area contributed by atoms with Gasteiger partial charge in [0.2, 0.25) is 0 Å². The van der Waals surface area contributed by atoms with Crippen LogP contribution in [0.4, 0.5) is 0 Å². The minimum atomic E-state index is -0.140. The molecule has 0 aromatic rings. The topological polar surface area (TPSA) is 23.5 Å². The highest BCUT2D eigenvalue weighted by molar-refractivity contribution is 7.99. The number of likely N-dealkylation sites (N-methyl/N-ethyl adjacent to an activating group) is 1. The van der Waals surface area contributed by atoms with Crippen LogP contribution in [0.3, 0.4) is 0 Å². The van der Waals surface area contributed by atoms with Crippen LogP contribution in [0.1, 0.15) is 6.92 Å². The summed E-state index contributed by atoms with van der Waals surface area (Å²) < 4.78 is 0. The van der Waals surface area contributed by atoms with Gasteiger partial charge in [0.15, 0.2) is 0 Å². The molecule has 1 aliphatic rings. The lowest BCUT2D eigenvalue weighted by atomic mass is 10.5. The van der Waals surface area contributed by atoms with Gasteiger partial charge in [-0.15, -0.1) is 11.8 Å². The predicted molar refractivity (Wildman–Crippen MR) is 40.6 cm³/mol. The molecule has 1 rings (SSSR count). The molecule has 0 aromatic carbocycles. The summed E-state index contributed by atoms with van der Waals surface area (Å²) in [5.74, 6) is 1.08. The van der Waals surface area contributed by atoms with Gasteiger partial charge in [-0.05, 0) is 6.54 Å². The van der Waals surface area contributed by atoms with Crippen molar-refractivity contribution in [2.24, 2.45) is 0 Å². The van der Waals surface area contributed by atoms with E-state index in [1.807, 2.05) is 0 Å². The molecule has 9 heavy (non-hydrogen) atoms. The van der Waals surface area contributed by atoms with Crippen molar-refractivity contribution in [1.82, 2.24) is 4.90 Å². The van der Waals surface area contributed by atoms with E-state index in [2.05, 4.69) is 11.8 Å². The summed E-state index contributed by atoms with van der Waals surface area (Å²) in [6, 6.07) is 0. The number of rotatable bonds is 1. The highest BCUT2D eigenvalue weighted by Gasteiger charge is 2.15. The van der Waals surface area contributed by atoms with Crippen LogP contribution in [0.5, 0.6) is 0 Å². The van der Waals surface area contributed by atoms with Crippen LogP contribution < -0.4 is 0 Å². The molecule has 0 aliphatic carbocycles. The Bertz CT molecular complexity index is 89.1. The van der Waals surface area contributed by atoms with Crippen LogP contribution in [0.15, 0.2) is 0 Å². The fourth-order valence-electron chi connectivity index (χ4n) is 0.970. The van der Waals surface area contributed by atoms with Crippen molar-refractivity contribution in [3.8, 4) is 0 Å². The van der Waals surface area contributed by atoms with Crippen LogP contribution in [0.2, 0.25) is 0 Å². The molecule has 1 atom stereocenters. The summed E-state index contributed by atoms with van der Waals surface area (Å²) in [5.41, 5.74) is -0.140. The molecule has 1 aliphatic heterocycles. The molecule has 0 saturated carbocycles. The predicted octanol–water partition coefficient (Wildman–Crippen LogP) is 0.373. The number of aliphatic hydroxyl groups excluding tert-OH is 1. The Labute approximate surface area is 60.2 Å². The van der Waals surface area contributed by atoms with Gasteiger partial charge in [-0.1, -0.05) is 6.92 Å². The molecule has 1 heterocycles. The van der Waals surface area contributed by atoms with Crippen molar-refractivity contribution in [3.05, 3.63) is 0 Å². The smallest absolute Gasteiger partial charge is 0.112 e. The molecule has 54 valence electrons. The van der Waals surface area contributed by atoms with Crippen molar-refractivity contribution in [1.29, 1.82) is 0 Å². The molecule has 1 N–H and O–H groups in total. The monoisotopic (exact) mass is 147 g/mol. The second-order valence-electron chi connectivity index (χ2n) is 2.22. The van der Waals surface area contributed by atoms with E-state index < -0.39 is 0 Å². The maximum absolute atomic E-state index is 9.13. The van der Waals surface area contributed by atoms with Crippen molar-refractivity contribution in [3.63, 3.8) is 0 Å². The molecular weight excluding hydrogens is 134 g/mol. The fourth-order valence-corrected chi connectivity index (χ4v) is 1.92. The molecule has 3 heteroatoms. The maximum Gasteiger partial charge on any atom is 0.112 e. The molecule has 1 fully saturated rings. The van der Waals surface area contributed by atoms with Gasteiger partial charge in [0.05, 0.1) is 0 Å². The first-order valence-electron chi connectivity index (χ1n) is 3.35. The van der Waals surface area contributed by atoms with E-state index in [0.29, 0.717) is 0 Å². The summed E-state index contributed by atoms with van der Waals surface area (Å²) in [6.07, 6.45) is 0. The van der Waals surface area contributed by atoms with Gasteiger partial charge in [-0.25, -0.2) is 0 Å². The van der Waals surface area contributed by atoms with E-state index in [0.717, 1.165) is 25.4 Å². The Kier molecular flexibility index (Phi) is 2.82. The van der Waals surface area contributed by atoms with Crippen LogP contribution in [0.25, 0.3) is 0 Å². The standard InChI is InChI=1S/C6H13NOS/c1-2-7-3-4-9-6(8)5-7/h6,8H,2-5H2,1H3. The molecule has 0 radical (unpaired) electrons. The third-order valence-electron chi connectivity index (χ3n) is 1.58. The van der Waals surface area contributed by atoms with Gasteiger partial charge in [-0.2, -0.15) is 0 Å². The summed E-state index contributed by atoms with van der Waals surface area (Å²) in [6.45, 7) is 5.18. The first-order chi connectivity index (χ1) is 4.33. The lowest BCUT2D eigenvalue weighted by molar-refractivity contribution is 0.175. The molecule has 2 nitrogen and oxygen atoms in total. The maximum atomic E-state index is 9.13. The van der Waals surface area contributed by atoms with Gasteiger partial charge in [-0.3, -0.25) is 4.90 Å². The minimum absolute atomic E-state index is 0.140. The summed E-state index contributed by atoms with van der Waals surface area (Å²) in [7, 11) is 0. The number of hydrogen-bond donors (Lipinski definition) is 1. The number of nitrogens with zero attached hydrogens (tertiary/aromatic N) is 1. The first-order valence-corrected chi connectivity index (χ1v) is 4.40. The Morgan fingerprint density at radius 3 is 3.00 bits per heavy atom. The molecule has 1 saturated heterocycles. The average molecular weight is 147 g/mol. The number of aliphatic hydroxyl groups is 1. The highest BCUT2D eigenvalue weighted by atomic mass is 32.2. The second-order valence-corrected chi connectivity index (χ2v) is 3.50. The van der Waals surface area contributed by atoms with Gasteiger partial charge in [0.25, 0.3) is 0 Å². The van der Waals surface area contributed by atoms with Crippen LogP contribution in [0, 0.1) is 0 Å². The zero-order valence-electron chi connectivity index (χ0n) is 5.71. The van der Waals surface area contributed by atoms with E-state index >= 15 is 0 Å². The minimum Gasteiger partial charge on any atom is -0.381 e. The average Bonchev–Trinajstić information content (AvgIpc) is 1.88. The van der Waals surface area contributed by atoms with E-state index in [-0.39, 0.29) is 5.44 Å². The fraction of sp³-hybridized carbons (Fsp3) is 1.00. The van der Waals surface area contributed by atoms with Gasteiger partial charge in [0.1, 0.15) is 5.44 Å². The van der Waals surface area contributed by atoms with Gasteiger partial charge >= 0.3 is 0 Å². The van der Waals surface area contributed by atoms with Crippen molar-refractivity contribution < 1.29 is 5.11 Å². The summed E-state index contributed by atoms with van der Waals surface area (Å²) in [4.78, 5) is 2.27. The zero-order chi connectivity index (χ0) is 6.69. The Hall–Kier alpha value is 0.270. The van der Waals surface area contributed by atoms with E-state index in [1.165, 1.54) is 0 Å². The number of thioether (sulfide) groups is 1. The SMILES string of the molecule is CCN1CCSC(O)C1. The lowest BCUT2D eigenvalue weighted by Gasteiger charge is -2.27. The molecule has 0 amide bonds. The Balaban J connectivity index is 2.23. The van der Waals surface area contributed by atoms with Gasteiger partial charge in [0, 0.05) is 18.8 Å².